The van der Waals surface area contributed by atoms with Crippen LogP contribution in [0.1, 0.15) is 38.2 Å². The van der Waals surface area contributed by atoms with Gasteiger partial charge < -0.3 is 14.5 Å². The molecule has 2 aliphatic rings. The SMILES string of the molecule is CCCN(CC)CCC1CN(C(=O)N2CCOCC2)c2ccccc21. The standard InChI is InChI=1S/C20H31N3O2/c1-3-10-21(4-2)11-9-17-16-23(19-8-6-5-7-18(17)19)20(24)22-12-14-25-15-13-22/h5-8,17H,3-4,9-16H2,1-2H3. The van der Waals surface area contributed by atoms with E-state index in [2.05, 4.69) is 36.9 Å². The average molecular weight is 345 g/mol. The van der Waals surface area contributed by atoms with Crippen LogP contribution in [0.2, 0.25) is 0 Å². The number of morpholine rings is 1. The molecule has 25 heavy (non-hydrogen) atoms. The van der Waals surface area contributed by atoms with Crippen molar-refractivity contribution in [1.82, 2.24) is 9.80 Å². The first-order chi connectivity index (χ1) is 12.2. The van der Waals surface area contributed by atoms with Crippen LogP contribution in [0.3, 0.4) is 0 Å². The van der Waals surface area contributed by atoms with Gasteiger partial charge in [0.15, 0.2) is 0 Å². The Bertz CT molecular complexity index is 572. The van der Waals surface area contributed by atoms with Gasteiger partial charge >= 0.3 is 6.03 Å². The van der Waals surface area contributed by atoms with Crippen LogP contribution in [-0.4, -0.2) is 68.3 Å². The summed E-state index contributed by atoms with van der Waals surface area (Å²) in [5.74, 6) is 0.437. The number of nitrogens with zero attached hydrogens (tertiary/aromatic N) is 3. The summed E-state index contributed by atoms with van der Waals surface area (Å²) in [6.07, 6.45) is 2.30. The van der Waals surface area contributed by atoms with Gasteiger partial charge in [-0.15, -0.1) is 0 Å². The van der Waals surface area contributed by atoms with Crippen molar-refractivity contribution in [1.29, 1.82) is 0 Å². The highest BCUT2D eigenvalue weighted by Crippen LogP contribution is 2.38. The Hall–Kier alpha value is -1.59. The van der Waals surface area contributed by atoms with Gasteiger partial charge in [0.1, 0.15) is 0 Å². The van der Waals surface area contributed by atoms with Crippen LogP contribution in [0.5, 0.6) is 0 Å². The van der Waals surface area contributed by atoms with Crippen LogP contribution in [-0.2, 0) is 4.74 Å². The molecule has 1 fully saturated rings. The van der Waals surface area contributed by atoms with E-state index >= 15 is 0 Å². The first-order valence-electron chi connectivity index (χ1n) is 9.70. The molecule has 5 heteroatoms. The van der Waals surface area contributed by atoms with Crippen LogP contribution in [0, 0.1) is 0 Å². The van der Waals surface area contributed by atoms with Crippen molar-refractivity contribution in [3.63, 3.8) is 0 Å². The third kappa shape index (κ3) is 4.15. The van der Waals surface area contributed by atoms with Crippen LogP contribution in [0.25, 0.3) is 0 Å². The van der Waals surface area contributed by atoms with Crippen LogP contribution in [0.15, 0.2) is 24.3 Å². The van der Waals surface area contributed by atoms with Gasteiger partial charge in [-0.2, -0.15) is 0 Å². The molecule has 0 bridgehead atoms. The van der Waals surface area contributed by atoms with E-state index in [9.17, 15) is 4.79 Å². The van der Waals surface area contributed by atoms with Crippen molar-refractivity contribution in [2.24, 2.45) is 0 Å². The molecule has 0 radical (unpaired) electrons. The summed E-state index contributed by atoms with van der Waals surface area (Å²) in [6.45, 7) is 11.3. The molecule has 2 aliphatic heterocycles. The van der Waals surface area contributed by atoms with Crippen molar-refractivity contribution in [3.05, 3.63) is 29.8 Å². The molecule has 2 heterocycles. The van der Waals surface area contributed by atoms with Gasteiger partial charge in [0.05, 0.1) is 13.2 Å². The highest BCUT2D eigenvalue weighted by Gasteiger charge is 2.34. The monoisotopic (exact) mass is 345 g/mol. The maximum atomic E-state index is 13.0. The number of hydrogen-bond donors (Lipinski definition) is 0. The largest absolute Gasteiger partial charge is 0.378 e. The Kier molecular flexibility index (Phi) is 6.32. The predicted octanol–water partition coefficient (Wildman–Crippen LogP) is 3.16. The number of benzene rings is 1. The van der Waals surface area contributed by atoms with Gasteiger partial charge in [-0.1, -0.05) is 32.0 Å². The number of fused-ring (bicyclic) bond motifs is 1. The molecule has 1 unspecified atom stereocenters. The number of rotatable bonds is 6. The normalized spacial score (nSPS) is 20.2. The lowest BCUT2D eigenvalue weighted by Crippen LogP contribution is -2.48. The van der Waals surface area contributed by atoms with E-state index in [-0.39, 0.29) is 6.03 Å². The Morgan fingerprint density at radius 2 is 1.96 bits per heavy atom. The van der Waals surface area contributed by atoms with Gasteiger partial charge in [0, 0.05) is 31.2 Å². The summed E-state index contributed by atoms with van der Waals surface area (Å²) < 4.78 is 5.39. The molecule has 3 rings (SSSR count). The van der Waals surface area contributed by atoms with E-state index < -0.39 is 0 Å². The zero-order valence-electron chi connectivity index (χ0n) is 15.6. The third-order valence-corrected chi connectivity index (χ3v) is 5.36. The number of urea groups is 1. The molecule has 1 aromatic rings. The molecule has 1 atom stereocenters. The first-order valence-corrected chi connectivity index (χ1v) is 9.70. The minimum Gasteiger partial charge on any atom is -0.378 e. The van der Waals surface area contributed by atoms with Gasteiger partial charge in [-0.3, -0.25) is 4.90 Å². The van der Waals surface area contributed by atoms with E-state index in [0.717, 1.165) is 38.3 Å². The second-order valence-corrected chi connectivity index (χ2v) is 6.97. The minimum atomic E-state index is 0.138. The molecule has 138 valence electrons. The van der Waals surface area contributed by atoms with E-state index in [0.29, 0.717) is 32.2 Å². The van der Waals surface area contributed by atoms with Crippen LogP contribution < -0.4 is 4.90 Å². The molecule has 5 nitrogen and oxygen atoms in total. The van der Waals surface area contributed by atoms with Crippen molar-refractivity contribution in [2.45, 2.75) is 32.6 Å². The molecular formula is C20H31N3O2. The number of anilines is 1. The fraction of sp³-hybridized carbons (Fsp3) is 0.650. The second-order valence-electron chi connectivity index (χ2n) is 6.97. The maximum absolute atomic E-state index is 13.0. The number of ether oxygens (including phenoxy) is 1. The maximum Gasteiger partial charge on any atom is 0.324 e. The summed E-state index contributed by atoms with van der Waals surface area (Å²) in [5, 5.41) is 0. The highest BCUT2D eigenvalue weighted by atomic mass is 16.5. The molecular weight excluding hydrogens is 314 g/mol. The van der Waals surface area contributed by atoms with Gasteiger partial charge in [-0.25, -0.2) is 4.79 Å². The van der Waals surface area contributed by atoms with E-state index in [1.54, 1.807) is 0 Å². The third-order valence-electron chi connectivity index (χ3n) is 5.36. The Balaban J connectivity index is 1.69. The van der Waals surface area contributed by atoms with E-state index in [1.807, 2.05) is 15.9 Å². The summed E-state index contributed by atoms with van der Waals surface area (Å²) in [4.78, 5) is 19.4. The fourth-order valence-electron chi connectivity index (χ4n) is 3.93. The Labute approximate surface area is 151 Å². The molecule has 1 saturated heterocycles. The lowest BCUT2D eigenvalue weighted by atomic mass is 9.98. The predicted molar refractivity (Wildman–Crippen MR) is 101 cm³/mol. The highest BCUT2D eigenvalue weighted by molar-refractivity contribution is 5.94. The zero-order chi connectivity index (χ0) is 17.6. The smallest absolute Gasteiger partial charge is 0.324 e. The number of para-hydroxylation sites is 1. The molecule has 0 aliphatic carbocycles. The van der Waals surface area contributed by atoms with Crippen molar-refractivity contribution in [3.8, 4) is 0 Å². The quantitative estimate of drug-likeness (QED) is 0.794. The van der Waals surface area contributed by atoms with Crippen LogP contribution >= 0.6 is 0 Å². The number of hydrogen-bond acceptors (Lipinski definition) is 3. The van der Waals surface area contributed by atoms with Crippen molar-refractivity contribution >= 4 is 11.7 Å². The summed E-state index contributed by atoms with van der Waals surface area (Å²) in [5.41, 5.74) is 2.43. The van der Waals surface area contributed by atoms with Gasteiger partial charge in [0.25, 0.3) is 0 Å². The minimum absolute atomic E-state index is 0.138. The summed E-state index contributed by atoms with van der Waals surface area (Å²) in [6, 6.07) is 8.56. The van der Waals surface area contributed by atoms with E-state index in [1.165, 1.54) is 12.0 Å². The lowest BCUT2D eigenvalue weighted by molar-refractivity contribution is 0.0549. The molecule has 0 spiro atoms. The second kappa shape index (κ2) is 8.68. The molecule has 0 N–H and O–H groups in total. The number of carbonyl (C=O) groups is 1. The first kappa shape index (κ1) is 18.2. The summed E-state index contributed by atoms with van der Waals surface area (Å²) >= 11 is 0. The Morgan fingerprint density at radius 1 is 1.20 bits per heavy atom. The van der Waals surface area contributed by atoms with Crippen LogP contribution in [0.4, 0.5) is 10.5 Å². The van der Waals surface area contributed by atoms with Crippen molar-refractivity contribution < 1.29 is 9.53 Å². The van der Waals surface area contributed by atoms with Crippen molar-refractivity contribution in [2.75, 3.05) is 57.4 Å². The lowest BCUT2D eigenvalue weighted by Gasteiger charge is -2.31. The zero-order valence-corrected chi connectivity index (χ0v) is 15.6. The molecule has 2 amide bonds. The Morgan fingerprint density at radius 3 is 2.68 bits per heavy atom. The van der Waals surface area contributed by atoms with Gasteiger partial charge in [-0.05, 0) is 44.1 Å². The van der Waals surface area contributed by atoms with E-state index in [4.69, 9.17) is 4.74 Å². The topological polar surface area (TPSA) is 36.0 Å². The number of carbonyl (C=O) groups excluding carboxylic acids is 1. The van der Waals surface area contributed by atoms with Gasteiger partial charge in [0.2, 0.25) is 0 Å². The number of amides is 2. The average Bonchev–Trinajstić information content (AvgIpc) is 3.04. The molecule has 0 aromatic heterocycles. The molecule has 1 aromatic carbocycles. The molecule has 0 saturated carbocycles. The summed E-state index contributed by atoms with van der Waals surface area (Å²) in [7, 11) is 0. The fourth-order valence-corrected chi connectivity index (χ4v) is 3.93.